The van der Waals surface area contributed by atoms with Gasteiger partial charge in [-0.05, 0) is 32.4 Å². The average molecular weight is 235 g/mol. The predicted molar refractivity (Wildman–Crippen MR) is 67.0 cm³/mol. The number of aromatic nitrogens is 2. The minimum absolute atomic E-state index is 0.707. The third-order valence-corrected chi connectivity index (χ3v) is 3.35. The number of hydrogen-bond donors (Lipinski definition) is 0. The molecule has 0 bridgehead atoms. The van der Waals surface area contributed by atoms with Crippen LogP contribution in [0.2, 0.25) is 0 Å². The Balaban J connectivity index is 2.10. The van der Waals surface area contributed by atoms with Gasteiger partial charge in [-0.1, -0.05) is 13.3 Å². The fraction of sp³-hybridized carbons (Fsp3) is 0.692. The molecule has 0 aliphatic carbocycles. The number of likely N-dealkylation sites (tertiary alicyclic amines) is 1. The van der Waals surface area contributed by atoms with E-state index in [1.807, 2.05) is 0 Å². The Kier molecular flexibility index (Phi) is 4.31. The highest BCUT2D eigenvalue weighted by Gasteiger charge is 2.14. The highest BCUT2D eigenvalue weighted by Crippen LogP contribution is 2.13. The molecule has 0 unspecified atom stereocenters. The Morgan fingerprint density at radius 2 is 2.12 bits per heavy atom. The van der Waals surface area contributed by atoms with E-state index in [0.717, 1.165) is 44.7 Å². The van der Waals surface area contributed by atoms with E-state index < -0.39 is 0 Å². The van der Waals surface area contributed by atoms with E-state index in [1.54, 1.807) is 6.20 Å². The summed E-state index contributed by atoms with van der Waals surface area (Å²) in [5.41, 5.74) is 0.707. The minimum atomic E-state index is 0.707. The van der Waals surface area contributed by atoms with Crippen LogP contribution < -0.4 is 0 Å². The second-order valence-corrected chi connectivity index (χ2v) is 4.72. The van der Waals surface area contributed by atoms with Crippen LogP contribution in [0.25, 0.3) is 0 Å². The second kappa shape index (κ2) is 5.96. The number of carbonyl (C=O) groups excluding carboxylic acids is 1. The van der Waals surface area contributed by atoms with Crippen molar-refractivity contribution < 1.29 is 4.79 Å². The molecule has 1 aliphatic rings. The topological polar surface area (TPSA) is 38.1 Å². The van der Waals surface area contributed by atoms with Crippen LogP contribution in [0, 0.1) is 0 Å². The van der Waals surface area contributed by atoms with E-state index >= 15 is 0 Å². The molecule has 0 atom stereocenters. The van der Waals surface area contributed by atoms with Crippen molar-refractivity contribution >= 4 is 6.29 Å². The predicted octanol–water partition coefficient (Wildman–Crippen LogP) is 2.09. The average Bonchev–Trinajstić information content (AvgIpc) is 2.74. The van der Waals surface area contributed by atoms with Crippen molar-refractivity contribution in [2.45, 2.75) is 45.7 Å². The Morgan fingerprint density at radius 1 is 1.35 bits per heavy atom. The van der Waals surface area contributed by atoms with Gasteiger partial charge in [-0.15, -0.1) is 0 Å². The van der Waals surface area contributed by atoms with Crippen LogP contribution in [-0.2, 0) is 13.1 Å². The van der Waals surface area contributed by atoms with Crippen LogP contribution in [0.1, 0.15) is 48.9 Å². The third kappa shape index (κ3) is 2.94. The molecule has 0 N–H and O–H groups in total. The summed E-state index contributed by atoms with van der Waals surface area (Å²) in [7, 11) is 0. The maximum Gasteiger partial charge on any atom is 0.168 e. The molecule has 2 heterocycles. The number of aldehydes is 1. The van der Waals surface area contributed by atoms with Crippen LogP contribution in [0.4, 0.5) is 0 Å². The summed E-state index contributed by atoms with van der Waals surface area (Å²) in [6, 6.07) is 0. The van der Waals surface area contributed by atoms with Crippen molar-refractivity contribution in [1.29, 1.82) is 0 Å². The number of rotatable bonds is 5. The summed E-state index contributed by atoms with van der Waals surface area (Å²) in [4.78, 5) is 17.8. The summed E-state index contributed by atoms with van der Waals surface area (Å²) in [6.07, 6.45) is 8.50. The molecule has 1 aliphatic heterocycles. The Hall–Kier alpha value is -1.16. The largest absolute Gasteiger partial charge is 0.312 e. The van der Waals surface area contributed by atoms with Gasteiger partial charge in [0.1, 0.15) is 11.5 Å². The number of hydrogen-bond acceptors (Lipinski definition) is 3. The van der Waals surface area contributed by atoms with E-state index in [2.05, 4.69) is 21.4 Å². The van der Waals surface area contributed by atoms with Gasteiger partial charge in [0.05, 0.1) is 12.9 Å². The summed E-state index contributed by atoms with van der Waals surface area (Å²) >= 11 is 0. The van der Waals surface area contributed by atoms with Crippen molar-refractivity contribution in [2.75, 3.05) is 13.1 Å². The number of aryl methyl sites for hydroxylation is 1. The fourth-order valence-electron chi connectivity index (χ4n) is 2.41. The lowest BCUT2D eigenvalue weighted by molar-refractivity contribution is 0.110. The molecule has 0 aromatic carbocycles. The zero-order chi connectivity index (χ0) is 12.1. The quantitative estimate of drug-likeness (QED) is 0.733. The first-order valence-corrected chi connectivity index (χ1v) is 6.57. The van der Waals surface area contributed by atoms with Gasteiger partial charge in [0, 0.05) is 6.42 Å². The van der Waals surface area contributed by atoms with Crippen LogP contribution in [0.3, 0.4) is 0 Å². The SMILES string of the molecule is CCCc1ncc(C=O)n1CN1CCCCC1. The van der Waals surface area contributed by atoms with Gasteiger partial charge in [-0.3, -0.25) is 9.69 Å². The number of imidazole rings is 1. The molecule has 4 nitrogen and oxygen atoms in total. The van der Waals surface area contributed by atoms with E-state index in [4.69, 9.17) is 0 Å². The first-order chi connectivity index (χ1) is 8.35. The first kappa shape index (κ1) is 12.3. The zero-order valence-corrected chi connectivity index (χ0v) is 10.6. The van der Waals surface area contributed by atoms with E-state index in [9.17, 15) is 4.79 Å². The highest BCUT2D eigenvalue weighted by atomic mass is 16.1. The van der Waals surface area contributed by atoms with Crippen molar-refractivity contribution in [2.24, 2.45) is 0 Å². The molecular weight excluding hydrogens is 214 g/mol. The molecule has 4 heteroatoms. The molecule has 94 valence electrons. The van der Waals surface area contributed by atoms with E-state index in [0.29, 0.717) is 5.69 Å². The molecule has 17 heavy (non-hydrogen) atoms. The fourth-order valence-corrected chi connectivity index (χ4v) is 2.41. The van der Waals surface area contributed by atoms with E-state index in [1.165, 1.54) is 19.3 Å². The summed E-state index contributed by atoms with van der Waals surface area (Å²) in [6.45, 7) is 5.24. The van der Waals surface area contributed by atoms with Crippen LogP contribution >= 0.6 is 0 Å². The molecule has 0 spiro atoms. The molecular formula is C13H21N3O. The van der Waals surface area contributed by atoms with Crippen molar-refractivity contribution in [3.63, 3.8) is 0 Å². The van der Waals surface area contributed by atoms with Gasteiger partial charge in [-0.2, -0.15) is 0 Å². The van der Waals surface area contributed by atoms with Crippen LogP contribution in [0.5, 0.6) is 0 Å². The molecule has 2 rings (SSSR count). The number of nitrogens with zero attached hydrogens (tertiary/aromatic N) is 3. The first-order valence-electron chi connectivity index (χ1n) is 6.57. The molecule has 0 amide bonds. The standard InChI is InChI=1S/C13H21N3O/c1-2-6-13-14-9-12(10-17)16(13)11-15-7-4-3-5-8-15/h9-10H,2-8,11H2,1H3. The third-order valence-electron chi connectivity index (χ3n) is 3.35. The van der Waals surface area contributed by atoms with Gasteiger partial charge in [0.25, 0.3) is 0 Å². The smallest absolute Gasteiger partial charge is 0.168 e. The van der Waals surface area contributed by atoms with Gasteiger partial charge < -0.3 is 4.57 Å². The summed E-state index contributed by atoms with van der Waals surface area (Å²) < 4.78 is 2.07. The van der Waals surface area contributed by atoms with E-state index in [-0.39, 0.29) is 0 Å². The van der Waals surface area contributed by atoms with Gasteiger partial charge in [0.15, 0.2) is 6.29 Å². The van der Waals surface area contributed by atoms with Crippen LogP contribution in [-0.4, -0.2) is 33.8 Å². The minimum Gasteiger partial charge on any atom is -0.312 e. The molecule has 0 saturated carbocycles. The van der Waals surface area contributed by atoms with Gasteiger partial charge in [-0.25, -0.2) is 4.98 Å². The summed E-state index contributed by atoms with van der Waals surface area (Å²) in [5.74, 6) is 1.04. The molecule has 1 fully saturated rings. The lowest BCUT2D eigenvalue weighted by atomic mass is 10.1. The lowest BCUT2D eigenvalue weighted by Gasteiger charge is -2.27. The van der Waals surface area contributed by atoms with Crippen molar-refractivity contribution in [3.05, 3.63) is 17.7 Å². The van der Waals surface area contributed by atoms with Crippen LogP contribution in [0.15, 0.2) is 6.20 Å². The molecule has 1 saturated heterocycles. The van der Waals surface area contributed by atoms with Crippen molar-refractivity contribution in [3.8, 4) is 0 Å². The van der Waals surface area contributed by atoms with Gasteiger partial charge >= 0.3 is 0 Å². The Bertz CT molecular complexity index is 367. The second-order valence-electron chi connectivity index (χ2n) is 4.72. The lowest BCUT2D eigenvalue weighted by Crippen LogP contribution is -2.32. The maximum absolute atomic E-state index is 11.0. The molecule has 0 radical (unpaired) electrons. The zero-order valence-electron chi connectivity index (χ0n) is 10.6. The number of carbonyl (C=O) groups is 1. The Labute approximate surface area is 103 Å². The van der Waals surface area contributed by atoms with Crippen molar-refractivity contribution in [1.82, 2.24) is 14.5 Å². The molecule has 1 aromatic rings. The highest BCUT2D eigenvalue weighted by molar-refractivity contribution is 5.71. The maximum atomic E-state index is 11.0. The monoisotopic (exact) mass is 235 g/mol. The number of piperidine rings is 1. The normalized spacial score (nSPS) is 17.2. The van der Waals surface area contributed by atoms with Gasteiger partial charge in [0.2, 0.25) is 0 Å². The summed E-state index contributed by atoms with van der Waals surface area (Å²) in [5, 5.41) is 0. The Morgan fingerprint density at radius 3 is 2.76 bits per heavy atom. The molecule has 1 aromatic heterocycles.